The summed E-state index contributed by atoms with van der Waals surface area (Å²) in [6, 6.07) is 0. The number of carbonyl (C=O) groups excluding carboxylic acids is 2. The van der Waals surface area contributed by atoms with Crippen LogP contribution in [0, 0.1) is 40.4 Å². The van der Waals surface area contributed by atoms with Crippen LogP contribution in [0.25, 0.3) is 0 Å². The molecule has 3 aliphatic carbocycles. The predicted molar refractivity (Wildman–Crippen MR) is 101 cm³/mol. The molecule has 8 atom stereocenters. The molecule has 2 N–H and O–H groups in total. The van der Waals surface area contributed by atoms with Gasteiger partial charge in [0.1, 0.15) is 5.72 Å². The maximum Gasteiger partial charge on any atom is 0.309 e. The van der Waals surface area contributed by atoms with Gasteiger partial charge in [-0.1, -0.05) is 20.8 Å². The maximum atomic E-state index is 12.4. The summed E-state index contributed by atoms with van der Waals surface area (Å²) < 4.78 is 5.13. The Morgan fingerprint density at radius 1 is 1.22 bits per heavy atom. The zero-order chi connectivity index (χ0) is 19.6. The summed E-state index contributed by atoms with van der Waals surface area (Å²) >= 11 is 0. The molecular formula is C22H35NO4. The van der Waals surface area contributed by atoms with Gasteiger partial charge in [-0.3, -0.25) is 9.59 Å². The van der Waals surface area contributed by atoms with E-state index in [-0.39, 0.29) is 34.5 Å². The molecule has 4 fully saturated rings. The Morgan fingerprint density at radius 3 is 2.63 bits per heavy atom. The molecule has 5 heteroatoms. The van der Waals surface area contributed by atoms with Crippen LogP contribution in [0.3, 0.4) is 0 Å². The van der Waals surface area contributed by atoms with Crippen molar-refractivity contribution < 1.29 is 19.4 Å². The number of amides is 1. The zero-order valence-electron chi connectivity index (χ0n) is 17.2. The summed E-state index contributed by atoms with van der Waals surface area (Å²) in [7, 11) is 1.50. The quantitative estimate of drug-likeness (QED) is 0.724. The third-order valence-corrected chi connectivity index (χ3v) is 9.45. The van der Waals surface area contributed by atoms with E-state index in [1.165, 1.54) is 7.11 Å². The molecule has 1 amide bonds. The van der Waals surface area contributed by atoms with E-state index in [0.717, 1.165) is 44.9 Å². The van der Waals surface area contributed by atoms with Gasteiger partial charge in [0.15, 0.2) is 0 Å². The molecule has 0 aromatic heterocycles. The average molecular weight is 378 g/mol. The Labute approximate surface area is 162 Å². The molecule has 0 bridgehead atoms. The number of nitrogens with one attached hydrogen (secondary N) is 1. The first-order valence-electron chi connectivity index (χ1n) is 10.8. The highest BCUT2D eigenvalue weighted by Crippen LogP contribution is 2.68. The second-order valence-electron chi connectivity index (χ2n) is 10.1. The van der Waals surface area contributed by atoms with Crippen LogP contribution in [-0.4, -0.2) is 29.8 Å². The van der Waals surface area contributed by atoms with Crippen molar-refractivity contribution >= 4 is 11.9 Å². The van der Waals surface area contributed by atoms with Crippen LogP contribution >= 0.6 is 0 Å². The van der Waals surface area contributed by atoms with Gasteiger partial charge in [0, 0.05) is 17.8 Å². The van der Waals surface area contributed by atoms with Crippen molar-refractivity contribution in [3.05, 3.63) is 0 Å². The van der Waals surface area contributed by atoms with Crippen LogP contribution in [-0.2, 0) is 14.3 Å². The van der Waals surface area contributed by atoms with E-state index >= 15 is 0 Å². The second-order valence-corrected chi connectivity index (χ2v) is 10.1. The lowest BCUT2D eigenvalue weighted by atomic mass is 9.44. The van der Waals surface area contributed by atoms with Gasteiger partial charge >= 0.3 is 5.97 Å². The first-order valence-corrected chi connectivity index (χ1v) is 10.8. The summed E-state index contributed by atoms with van der Waals surface area (Å²) in [5.41, 5.74) is -1.36. The summed E-state index contributed by atoms with van der Waals surface area (Å²) in [6.07, 6.45) is 7.11. The molecule has 0 radical (unpaired) electrons. The van der Waals surface area contributed by atoms with Crippen molar-refractivity contribution in [3.8, 4) is 0 Å². The number of methoxy groups -OCH3 is 1. The Morgan fingerprint density at radius 2 is 1.96 bits per heavy atom. The van der Waals surface area contributed by atoms with E-state index in [1.54, 1.807) is 0 Å². The summed E-state index contributed by atoms with van der Waals surface area (Å²) in [4.78, 5) is 24.6. The Balaban J connectivity index is 1.70. The highest BCUT2D eigenvalue weighted by molar-refractivity contribution is 5.78. The topological polar surface area (TPSA) is 75.6 Å². The molecule has 4 aliphatic rings. The van der Waals surface area contributed by atoms with Crippen molar-refractivity contribution in [1.82, 2.24) is 5.32 Å². The number of fused-ring (bicyclic) bond motifs is 5. The third-order valence-electron chi connectivity index (χ3n) is 9.45. The Kier molecular flexibility index (Phi) is 4.41. The fourth-order valence-corrected chi connectivity index (χ4v) is 7.92. The minimum Gasteiger partial charge on any atom is -0.469 e. The maximum absolute atomic E-state index is 12.4. The van der Waals surface area contributed by atoms with Crippen LogP contribution in [0.2, 0.25) is 0 Å². The molecule has 0 spiro atoms. The molecule has 152 valence electrons. The molecule has 1 saturated heterocycles. The van der Waals surface area contributed by atoms with Crippen molar-refractivity contribution in [3.63, 3.8) is 0 Å². The van der Waals surface area contributed by atoms with E-state index < -0.39 is 5.72 Å². The molecule has 1 heterocycles. The van der Waals surface area contributed by atoms with E-state index in [2.05, 4.69) is 26.1 Å². The highest BCUT2D eigenvalue weighted by Gasteiger charge is 2.67. The number of hydrogen-bond acceptors (Lipinski definition) is 4. The van der Waals surface area contributed by atoms with Crippen LogP contribution in [0.1, 0.15) is 72.1 Å². The van der Waals surface area contributed by atoms with Gasteiger partial charge in [-0.05, 0) is 68.1 Å². The number of ether oxygens (including phenoxy) is 1. The minimum absolute atomic E-state index is 0.00759. The average Bonchev–Trinajstić information content (AvgIpc) is 2.99. The van der Waals surface area contributed by atoms with Gasteiger partial charge in [-0.2, -0.15) is 0 Å². The van der Waals surface area contributed by atoms with Crippen molar-refractivity contribution in [1.29, 1.82) is 0 Å². The van der Waals surface area contributed by atoms with Crippen LogP contribution in [0.4, 0.5) is 0 Å². The number of rotatable bonds is 2. The lowest BCUT2D eigenvalue weighted by molar-refractivity contribution is -0.244. The SMILES string of the molecule is CCC1CC2C3CC[C@H](C(=O)OC)[C@@]3(C)CCC2[C@@]2(C)CCC(=O)NC12O. The van der Waals surface area contributed by atoms with E-state index in [1.807, 2.05) is 0 Å². The van der Waals surface area contributed by atoms with E-state index in [9.17, 15) is 14.7 Å². The van der Waals surface area contributed by atoms with E-state index in [0.29, 0.717) is 24.2 Å². The number of hydrogen-bond donors (Lipinski definition) is 2. The Hall–Kier alpha value is -1.10. The smallest absolute Gasteiger partial charge is 0.309 e. The van der Waals surface area contributed by atoms with Crippen LogP contribution < -0.4 is 5.32 Å². The fraction of sp³-hybridized carbons (Fsp3) is 0.909. The summed E-state index contributed by atoms with van der Waals surface area (Å²) in [6.45, 7) is 6.63. The molecule has 3 saturated carbocycles. The van der Waals surface area contributed by atoms with E-state index in [4.69, 9.17) is 4.74 Å². The number of carbonyl (C=O) groups is 2. The number of aliphatic hydroxyl groups is 1. The summed E-state index contributed by atoms with van der Waals surface area (Å²) in [5, 5.41) is 14.7. The van der Waals surface area contributed by atoms with Crippen molar-refractivity contribution in [2.45, 2.75) is 77.9 Å². The third kappa shape index (κ3) is 2.39. The van der Waals surface area contributed by atoms with Gasteiger partial charge in [0.25, 0.3) is 0 Å². The van der Waals surface area contributed by atoms with Crippen LogP contribution in [0.5, 0.6) is 0 Å². The lowest BCUT2D eigenvalue weighted by Crippen LogP contribution is -2.72. The largest absolute Gasteiger partial charge is 0.469 e. The monoisotopic (exact) mass is 377 g/mol. The molecule has 4 rings (SSSR count). The first kappa shape index (κ1) is 19.2. The highest BCUT2D eigenvalue weighted by atomic mass is 16.5. The molecule has 0 aromatic carbocycles. The number of esters is 1. The van der Waals surface area contributed by atoms with Crippen molar-refractivity contribution in [2.75, 3.05) is 7.11 Å². The standard InChI is InChI=1S/C22H35NO4/c1-5-13-12-14-15-6-7-17(19(25)27-4)20(15,2)10-8-16(14)21(3)11-9-18(24)23-22(13,21)26/h13-17,26H,5-12H2,1-4H3,(H,23,24)/t13?,14?,15?,16?,17-,20+,21-,22?/m1/s1. The Bertz CT molecular complexity index is 650. The normalized spacial score (nSPS) is 51.6. The van der Waals surface area contributed by atoms with Gasteiger partial charge < -0.3 is 15.2 Å². The van der Waals surface area contributed by atoms with Gasteiger partial charge in [0.2, 0.25) is 5.91 Å². The van der Waals surface area contributed by atoms with Gasteiger partial charge in [-0.25, -0.2) is 0 Å². The molecular weight excluding hydrogens is 342 g/mol. The van der Waals surface area contributed by atoms with Gasteiger partial charge in [-0.15, -0.1) is 0 Å². The zero-order valence-corrected chi connectivity index (χ0v) is 17.2. The predicted octanol–water partition coefficient (Wildman–Crippen LogP) is 3.25. The molecule has 5 unspecified atom stereocenters. The minimum atomic E-state index is -1.09. The van der Waals surface area contributed by atoms with Gasteiger partial charge in [0.05, 0.1) is 13.0 Å². The lowest BCUT2D eigenvalue weighted by Gasteiger charge is -2.65. The molecule has 27 heavy (non-hydrogen) atoms. The van der Waals surface area contributed by atoms with Crippen molar-refractivity contribution in [2.24, 2.45) is 40.4 Å². The number of piperidine rings is 1. The fourth-order valence-electron chi connectivity index (χ4n) is 7.92. The molecule has 5 nitrogen and oxygen atoms in total. The van der Waals surface area contributed by atoms with Crippen LogP contribution in [0.15, 0.2) is 0 Å². The molecule has 1 aliphatic heterocycles. The summed E-state index contributed by atoms with van der Waals surface area (Å²) in [5.74, 6) is 1.45. The first-order chi connectivity index (χ1) is 12.7. The molecule has 0 aromatic rings. The second kappa shape index (κ2) is 6.20.